The van der Waals surface area contributed by atoms with E-state index < -0.39 is 11.4 Å². The van der Waals surface area contributed by atoms with E-state index in [-0.39, 0.29) is 11.5 Å². The van der Waals surface area contributed by atoms with Gasteiger partial charge in [0.05, 0.1) is 10.2 Å². The van der Waals surface area contributed by atoms with Crippen molar-refractivity contribution in [2.45, 2.75) is 6.92 Å². The molecule has 0 amide bonds. The number of H-pyrrole nitrogens is 1. The first-order valence-electron chi connectivity index (χ1n) is 5.92. The SMILES string of the molecule is Cc1nc(-c2cc(Br)c3c(c2)OCCO3)[nH]c(=O)c1F. The average molecular weight is 341 g/mol. The van der Waals surface area contributed by atoms with Gasteiger partial charge in [-0.05, 0) is 35.0 Å². The molecule has 0 bridgehead atoms. The molecule has 1 N–H and O–H groups in total. The smallest absolute Gasteiger partial charge is 0.287 e. The van der Waals surface area contributed by atoms with E-state index in [1.165, 1.54) is 6.92 Å². The lowest BCUT2D eigenvalue weighted by Gasteiger charge is -2.20. The minimum absolute atomic E-state index is 0.0507. The standard InChI is InChI=1S/C13H10BrFN2O3/c1-6-10(15)13(18)17-12(16-6)7-4-8(14)11-9(5-7)19-2-3-20-11/h4-5H,2-3H2,1H3,(H,16,17,18). The number of halogens is 2. The Morgan fingerprint density at radius 2 is 2.10 bits per heavy atom. The average Bonchev–Trinajstić information content (AvgIpc) is 2.44. The van der Waals surface area contributed by atoms with Crippen LogP contribution in [0.15, 0.2) is 21.4 Å². The summed E-state index contributed by atoms with van der Waals surface area (Å²) >= 11 is 3.38. The molecule has 0 aliphatic carbocycles. The van der Waals surface area contributed by atoms with E-state index in [1.54, 1.807) is 12.1 Å². The topological polar surface area (TPSA) is 64.2 Å². The zero-order valence-corrected chi connectivity index (χ0v) is 12.1. The second-order valence-electron chi connectivity index (χ2n) is 4.30. The van der Waals surface area contributed by atoms with Crippen LogP contribution < -0.4 is 15.0 Å². The summed E-state index contributed by atoms with van der Waals surface area (Å²) < 4.78 is 25.0. The maximum atomic E-state index is 13.3. The van der Waals surface area contributed by atoms with E-state index in [2.05, 4.69) is 25.9 Å². The molecule has 104 valence electrons. The molecule has 3 rings (SSSR count). The summed E-state index contributed by atoms with van der Waals surface area (Å²) in [6, 6.07) is 3.44. The molecule has 20 heavy (non-hydrogen) atoms. The molecule has 1 aromatic heterocycles. The summed E-state index contributed by atoms with van der Waals surface area (Å²) in [5.41, 5.74) is -0.130. The van der Waals surface area contributed by atoms with Crippen molar-refractivity contribution in [2.75, 3.05) is 13.2 Å². The molecule has 1 aromatic carbocycles. The maximum Gasteiger partial charge on any atom is 0.287 e. The van der Waals surface area contributed by atoms with Crippen molar-refractivity contribution in [1.29, 1.82) is 0 Å². The highest BCUT2D eigenvalue weighted by Crippen LogP contribution is 2.40. The lowest BCUT2D eigenvalue weighted by molar-refractivity contribution is 0.170. The molecule has 7 heteroatoms. The molecule has 1 aliphatic heterocycles. The van der Waals surface area contributed by atoms with Gasteiger partial charge in [0.15, 0.2) is 11.5 Å². The summed E-state index contributed by atoms with van der Waals surface area (Å²) in [5.74, 6) is 0.586. The van der Waals surface area contributed by atoms with E-state index in [9.17, 15) is 9.18 Å². The van der Waals surface area contributed by atoms with Gasteiger partial charge in [-0.15, -0.1) is 0 Å². The highest BCUT2D eigenvalue weighted by Gasteiger charge is 2.18. The quantitative estimate of drug-likeness (QED) is 0.865. The number of ether oxygens (including phenoxy) is 2. The first-order chi connectivity index (χ1) is 9.56. The van der Waals surface area contributed by atoms with Crippen LogP contribution in [0.3, 0.4) is 0 Å². The third-order valence-corrected chi connectivity index (χ3v) is 3.49. The number of aromatic nitrogens is 2. The number of benzene rings is 1. The lowest BCUT2D eigenvalue weighted by atomic mass is 10.1. The van der Waals surface area contributed by atoms with Crippen LogP contribution in [0.1, 0.15) is 5.69 Å². The summed E-state index contributed by atoms with van der Waals surface area (Å²) in [6.45, 7) is 2.38. The largest absolute Gasteiger partial charge is 0.486 e. The number of nitrogens with zero attached hydrogens (tertiary/aromatic N) is 1. The summed E-state index contributed by atoms with van der Waals surface area (Å²) in [7, 11) is 0. The van der Waals surface area contributed by atoms with E-state index in [1.807, 2.05) is 0 Å². The fraction of sp³-hybridized carbons (Fsp3) is 0.231. The molecule has 5 nitrogen and oxygen atoms in total. The molecule has 1 aliphatic rings. The molecular formula is C13H10BrFN2O3. The normalized spacial score (nSPS) is 13.3. The van der Waals surface area contributed by atoms with Crippen LogP contribution in [0.2, 0.25) is 0 Å². The van der Waals surface area contributed by atoms with Gasteiger partial charge in [-0.25, -0.2) is 4.98 Å². The first kappa shape index (κ1) is 13.1. The number of aryl methyl sites for hydroxylation is 1. The third kappa shape index (κ3) is 2.18. The summed E-state index contributed by atoms with van der Waals surface area (Å²) in [6.07, 6.45) is 0. The number of hydrogen-bond donors (Lipinski definition) is 1. The Labute approximate surface area is 121 Å². The predicted molar refractivity (Wildman–Crippen MR) is 73.7 cm³/mol. The Morgan fingerprint density at radius 3 is 2.85 bits per heavy atom. The fourth-order valence-corrected chi connectivity index (χ4v) is 2.51. The van der Waals surface area contributed by atoms with Gasteiger partial charge in [0, 0.05) is 5.56 Å². The Balaban J connectivity index is 2.16. The van der Waals surface area contributed by atoms with Crippen molar-refractivity contribution in [3.8, 4) is 22.9 Å². The van der Waals surface area contributed by atoms with E-state index in [4.69, 9.17) is 9.47 Å². The molecular weight excluding hydrogens is 331 g/mol. The predicted octanol–water partition coefficient (Wildman–Crippen LogP) is 2.42. The Kier molecular flexibility index (Phi) is 3.21. The van der Waals surface area contributed by atoms with Crippen LogP contribution in [0, 0.1) is 12.7 Å². The van der Waals surface area contributed by atoms with Crippen LogP contribution in [0.25, 0.3) is 11.4 Å². The van der Waals surface area contributed by atoms with Crippen molar-refractivity contribution >= 4 is 15.9 Å². The molecule has 2 aromatic rings. The third-order valence-electron chi connectivity index (χ3n) is 2.90. The molecule has 0 saturated heterocycles. The summed E-state index contributed by atoms with van der Waals surface area (Å²) in [5, 5.41) is 0. The van der Waals surface area contributed by atoms with E-state index >= 15 is 0 Å². The summed E-state index contributed by atoms with van der Waals surface area (Å²) in [4.78, 5) is 17.9. The molecule has 0 saturated carbocycles. The highest BCUT2D eigenvalue weighted by atomic mass is 79.9. The fourth-order valence-electron chi connectivity index (χ4n) is 1.96. The van der Waals surface area contributed by atoms with Crippen LogP contribution in [-0.2, 0) is 0 Å². The molecule has 0 radical (unpaired) electrons. The monoisotopic (exact) mass is 340 g/mol. The maximum absolute atomic E-state index is 13.3. The number of nitrogens with one attached hydrogen (secondary N) is 1. The lowest BCUT2D eigenvalue weighted by Crippen LogP contribution is -2.17. The van der Waals surface area contributed by atoms with Crippen molar-refractivity contribution < 1.29 is 13.9 Å². The van der Waals surface area contributed by atoms with Gasteiger partial charge in [-0.3, -0.25) is 4.79 Å². The van der Waals surface area contributed by atoms with Gasteiger partial charge >= 0.3 is 0 Å². The van der Waals surface area contributed by atoms with Crippen molar-refractivity contribution in [3.05, 3.63) is 38.5 Å². The van der Waals surface area contributed by atoms with Gasteiger partial charge in [0.1, 0.15) is 19.0 Å². The van der Waals surface area contributed by atoms with Crippen molar-refractivity contribution in [1.82, 2.24) is 9.97 Å². The molecule has 0 fully saturated rings. The number of rotatable bonds is 1. The van der Waals surface area contributed by atoms with Crippen LogP contribution in [0.5, 0.6) is 11.5 Å². The molecule has 2 heterocycles. The Bertz CT molecular complexity index is 745. The van der Waals surface area contributed by atoms with Crippen molar-refractivity contribution in [3.63, 3.8) is 0 Å². The van der Waals surface area contributed by atoms with Crippen LogP contribution in [-0.4, -0.2) is 23.2 Å². The van der Waals surface area contributed by atoms with Gasteiger partial charge < -0.3 is 14.5 Å². The minimum atomic E-state index is -0.870. The van der Waals surface area contributed by atoms with Crippen molar-refractivity contribution in [2.24, 2.45) is 0 Å². The van der Waals surface area contributed by atoms with Crippen LogP contribution in [0.4, 0.5) is 4.39 Å². The van der Waals surface area contributed by atoms with Gasteiger partial charge in [-0.1, -0.05) is 0 Å². The van der Waals surface area contributed by atoms with E-state index in [0.717, 1.165) is 0 Å². The second-order valence-corrected chi connectivity index (χ2v) is 5.15. The number of hydrogen-bond acceptors (Lipinski definition) is 4. The Hall–Kier alpha value is -1.89. The highest BCUT2D eigenvalue weighted by molar-refractivity contribution is 9.10. The minimum Gasteiger partial charge on any atom is -0.486 e. The first-order valence-corrected chi connectivity index (χ1v) is 6.71. The zero-order chi connectivity index (χ0) is 14.3. The molecule has 0 spiro atoms. The van der Waals surface area contributed by atoms with Gasteiger partial charge in [0.2, 0.25) is 5.82 Å². The van der Waals surface area contributed by atoms with Crippen LogP contribution >= 0.6 is 15.9 Å². The number of fused-ring (bicyclic) bond motifs is 1. The second kappa shape index (κ2) is 4.90. The molecule has 0 atom stereocenters. The Morgan fingerprint density at radius 1 is 1.35 bits per heavy atom. The molecule has 0 unspecified atom stereocenters. The van der Waals surface area contributed by atoms with E-state index in [0.29, 0.717) is 34.7 Å². The zero-order valence-electron chi connectivity index (χ0n) is 10.5. The van der Waals surface area contributed by atoms with Gasteiger partial charge in [0.25, 0.3) is 5.56 Å². The van der Waals surface area contributed by atoms with Gasteiger partial charge in [-0.2, -0.15) is 4.39 Å². The number of aromatic amines is 1.